The minimum atomic E-state index is -0.679. The fraction of sp³-hybridized carbons (Fsp3) is 0.176. The Kier molecular flexibility index (Phi) is 5.83. The van der Waals surface area contributed by atoms with E-state index in [9.17, 15) is 18.4 Å². The second-order valence-corrected chi connectivity index (χ2v) is 4.82. The van der Waals surface area contributed by atoms with E-state index in [1.165, 1.54) is 31.4 Å². The van der Waals surface area contributed by atoms with Crippen molar-refractivity contribution in [2.45, 2.75) is 6.61 Å². The Labute approximate surface area is 137 Å². The average molecular weight is 335 g/mol. The minimum absolute atomic E-state index is 0.0941. The summed E-state index contributed by atoms with van der Waals surface area (Å²) in [5.41, 5.74) is 0.674. The number of methoxy groups -OCH3 is 1. The first kappa shape index (κ1) is 17.4. The molecule has 126 valence electrons. The van der Waals surface area contributed by atoms with E-state index in [4.69, 9.17) is 9.47 Å². The summed E-state index contributed by atoms with van der Waals surface area (Å²) in [6.07, 6.45) is 0. The summed E-state index contributed by atoms with van der Waals surface area (Å²) in [6.45, 7) is -0.485. The molecule has 0 bridgehead atoms. The Bertz CT molecular complexity index is 732. The fourth-order valence-corrected chi connectivity index (χ4v) is 1.87. The summed E-state index contributed by atoms with van der Waals surface area (Å²) in [7, 11) is 1.35. The van der Waals surface area contributed by atoms with Crippen molar-refractivity contribution in [3.63, 3.8) is 0 Å². The Hall–Kier alpha value is -2.96. The number of ether oxygens (including phenoxy) is 2. The van der Waals surface area contributed by atoms with Crippen LogP contribution in [0.1, 0.15) is 15.9 Å². The van der Waals surface area contributed by atoms with Gasteiger partial charge in [0.25, 0.3) is 5.91 Å². The van der Waals surface area contributed by atoms with E-state index in [2.05, 4.69) is 5.32 Å². The number of rotatable bonds is 6. The topological polar surface area (TPSA) is 64.6 Å². The molecule has 0 unspecified atom stereocenters. The van der Waals surface area contributed by atoms with Gasteiger partial charge in [0.1, 0.15) is 19.0 Å². The van der Waals surface area contributed by atoms with Gasteiger partial charge in [0.2, 0.25) is 0 Å². The largest absolute Gasteiger partial charge is 0.494 e. The third-order valence-electron chi connectivity index (χ3n) is 3.12. The molecule has 0 heterocycles. The molecule has 0 aromatic heterocycles. The van der Waals surface area contributed by atoms with Gasteiger partial charge in [-0.3, -0.25) is 9.59 Å². The lowest BCUT2D eigenvalue weighted by Gasteiger charge is -2.08. The lowest BCUT2D eigenvalue weighted by Crippen LogP contribution is -2.30. The molecule has 0 fully saturated rings. The van der Waals surface area contributed by atoms with E-state index in [1.807, 2.05) is 0 Å². The molecule has 24 heavy (non-hydrogen) atoms. The molecular weight excluding hydrogens is 320 g/mol. The van der Waals surface area contributed by atoms with Crippen molar-refractivity contribution in [1.29, 1.82) is 0 Å². The van der Waals surface area contributed by atoms with Crippen LogP contribution in [-0.4, -0.2) is 25.5 Å². The molecule has 0 aliphatic carbocycles. The van der Waals surface area contributed by atoms with Crippen LogP contribution >= 0.6 is 0 Å². The molecule has 0 saturated heterocycles. The molecule has 7 heteroatoms. The molecule has 2 aromatic rings. The first-order valence-electron chi connectivity index (χ1n) is 7.01. The van der Waals surface area contributed by atoms with E-state index in [0.717, 1.165) is 12.1 Å². The number of hydrogen-bond donors (Lipinski definition) is 1. The molecule has 0 spiro atoms. The van der Waals surface area contributed by atoms with Crippen molar-refractivity contribution in [1.82, 2.24) is 5.32 Å². The van der Waals surface area contributed by atoms with Crippen molar-refractivity contribution in [2.75, 3.05) is 13.7 Å². The van der Waals surface area contributed by atoms with Gasteiger partial charge >= 0.3 is 5.97 Å². The summed E-state index contributed by atoms with van der Waals surface area (Å²) in [5.74, 6) is -2.13. The molecule has 2 aromatic carbocycles. The molecule has 0 aliphatic rings. The number of benzene rings is 2. The molecule has 0 atom stereocenters. The van der Waals surface area contributed by atoms with Gasteiger partial charge in [0, 0.05) is 5.56 Å². The molecule has 0 saturated carbocycles. The van der Waals surface area contributed by atoms with Crippen LogP contribution < -0.4 is 10.1 Å². The standard InChI is InChI=1S/C17H15F2NO4/c1-23-15-7-2-11(8-14(15)19)10-24-16(21)9-20-17(22)12-3-5-13(18)6-4-12/h2-8H,9-10H2,1H3,(H,20,22). The number of carbonyl (C=O) groups is 2. The van der Waals surface area contributed by atoms with Crippen molar-refractivity contribution >= 4 is 11.9 Å². The third-order valence-corrected chi connectivity index (χ3v) is 3.12. The molecule has 1 amide bonds. The summed E-state index contributed by atoms with van der Waals surface area (Å²) in [4.78, 5) is 23.3. The predicted octanol–water partition coefficient (Wildman–Crippen LogP) is 2.45. The second-order valence-electron chi connectivity index (χ2n) is 4.82. The van der Waals surface area contributed by atoms with Crippen LogP contribution in [0.3, 0.4) is 0 Å². The summed E-state index contributed by atoms with van der Waals surface area (Å²) < 4.78 is 36.0. The number of amides is 1. The van der Waals surface area contributed by atoms with Crippen LogP contribution in [0.4, 0.5) is 8.78 Å². The first-order valence-corrected chi connectivity index (χ1v) is 7.01. The van der Waals surface area contributed by atoms with E-state index < -0.39 is 23.5 Å². The SMILES string of the molecule is COc1ccc(COC(=O)CNC(=O)c2ccc(F)cc2)cc1F. The van der Waals surface area contributed by atoms with E-state index in [1.54, 1.807) is 6.07 Å². The van der Waals surface area contributed by atoms with Crippen LogP contribution in [0.2, 0.25) is 0 Å². The van der Waals surface area contributed by atoms with E-state index in [0.29, 0.717) is 5.56 Å². The Morgan fingerprint density at radius 1 is 1.08 bits per heavy atom. The number of halogens is 2. The zero-order valence-corrected chi connectivity index (χ0v) is 12.8. The van der Waals surface area contributed by atoms with Crippen molar-refractivity contribution in [2.24, 2.45) is 0 Å². The lowest BCUT2D eigenvalue weighted by molar-refractivity contribution is -0.143. The molecule has 0 radical (unpaired) electrons. The van der Waals surface area contributed by atoms with Crippen molar-refractivity contribution in [3.05, 3.63) is 65.2 Å². The zero-order valence-electron chi connectivity index (χ0n) is 12.8. The molecule has 2 rings (SSSR count). The quantitative estimate of drug-likeness (QED) is 0.824. The Balaban J connectivity index is 1.80. The summed E-state index contributed by atoms with van der Waals surface area (Å²) in [5, 5.41) is 2.35. The molecule has 5 nitrogen and oxygen atoms in total. The maximum Gasteiger partial charge on any atom is 0.325 e. The second kappa shape index (κ2) is 8.05. The first-order chi connectivity index (χ1) is 11.5. The minimum Gasteiger partial charge on any atom is -0.494 e. The average Bonchev–Trinajstić information content (AvgIpc) is 2.58. The maximum absolute atomic E-state index is 13.5. The predicted molar refractivity (Wildman–Crippen MR) is 81.5 cm³/mol. The highest BCUT2D eigenvalue weighted by Crippen LogP contribution is 2.18. The van der Waals surface area contributed by atoms with Gasteiger partial charge in [0.15, 0.2) is 11.6 Å². The molecular formula is C17H15F2NO4. The third kappa shape index (κ3) is 4.77. The van der Waals surface area contributed by atoms with Crippen LogP contribution in [0, 0.1) is 11.6 Å². The Morgan fingerprint density at radius 2 is 1.79 bits per heavy atom. The Morgan fingerprint density at radius 3 is 2.42 bits per heavy atom. The normalized spacial score (nSPS) is 10.1. The van der Waals surface area contributed by atoms with E-state index in [-0.39, 0.29) is 24.5 Å². The van der Waals surface area contributed by atoms with Crippen LogP contribution in [0.15, 0.2) is 42.5 Å². The molecule has 1 N–H and O–H groups in total. The highest BCUT2D eigenvalue weighted by atomic mass is 19.1. The van der Waals surface area contributed by atoms with Crippen molar-refractivity contribution in [3.8, 4) is 5.75 Å². The highest BCUT2D eigenvalue weighted by Gasteiger charge is 2.10. The van der Waals surface area contributed by atoms with Gasteiger partial charge < -0.3 is 14.8 Å². The smallest absolute Gasteiger partial charge is 0.325 e. The van der Waals surface area contributed by atoms with Gasteiger partial charge in [0.05, 0.1) is 7.11 Å². The highest BCUT2D eigenvalue weighted by molar-refractivity contribution is 5.95. The summed E-state index contributed by atoms with van der Waals surface area (Å²) >= 11 is 0. The van der Waals surface area contributed by atoms with Crippen molar-refractivity contribution < 1.29 is 27.8 Å². The lowest BCUT2D eigenvalue weighted by atomic mass is 10.2. The number of esters is 1. The number of hydrogen-bond acceptors (Lipinski definition) is 4. The van der Waals surface area contributed by atoms with Gasteiger partial charge in [-0.1, -0.05) is 6.07 Å². The molecule has 0 aliphatic heterocycles. The zero-order chi connectivity index (χ0) is 17.5. The van der Waals surface area contributed by atoms with Crippen LogP contribution in [0.5, 0.6) is 5.75 Å². The number of nitrogens with one attached hydrogen (secondary N) is 1. The van der Waals surface area contributed by atoms with Gasteiger partial charge in [-0.25, -0.2) is 8.78 Å². The summed E-state index contributed by atoms with van der Waals surface area (Å²) in [6, 6.07) is 9.08. The van der Waals surface area contributed by atoms with E-state index >= 15 is 0 Å². The van der Waals surface area contributed by atoms with Gasteiger partial charge in [-0.05, 0) is 42.0 Å². The van der Waals surface area contributed by atoms with Gasteiger partial charge in [-0.15, -0.1) is 0 Å². The van der Waals surface area contributed by atoms with Gasteiger partial charge in [-0.2, -0.15) is 0 Å². The van der Waals surface area contributed by atoms with Crippen LogP contribution in [0.25, 0.3) is 0 Å². The maximum atomic E-state index is 13.5. The number of carbonyl (C=O) groups excluding carboxylic acids is 2. The van der Waals surface area contributed by atoms with Crippen LogP contribution in [-0.2, 0) is 16.1 Å². The monoisotopic (exact) mass is 335 g/mol. The fourth-order valence-electron chi connectivity index (χ4n) is 1.87.